The third kappa shape index (κ3) is 3.20. The van der Waals surface area contributed by atoms with Crippen molar-refractivity contribution in [1.29, 1.82) is 0 Å². The highest BCUT2D eigenvalue weighted by Crippen LogP contribution is 2.37. The molecule has 1 unspecified atom stereocenters. The average Bonchev–Trinajstić information content (AvgIpc) is 3.41. The highest BCUT2D eigenvalue weighted by atomic mass is 16.3. The molecule has 8 heteroatoms. The van der Waals surface area contributed by atoms with Gasteiger partial charge in [0, 0.05) is 43.0 Å². The predicted molar refractivity (Wildman–Crippen MR) is 106 cm³/mol. The number of hydrogen-bond acceptors (Lipinski definition) is 7. The number of aromatic hydroxyl groups is 1. The number of piperazine rings is 1. The Morgan fingerprint density at radius 3 is 2.68 bits per heavy atom. The second-order valence-corrected chi connectivity index (χ2v) is 7.69. The van der Waals surface area contributed by atoms with E-state index in [-0.39, 0.29) is 5.75 Å². The highest BCUT2D eigenvalue weighted by molar-refractivity contribution is 5.73. The van der Waals surface area contributed by atoms with Gasteiger partial charge in [0.2, 0.25) is 5.95 Å². The molecule has 1 atom stereocenters. The van der Waals surface area contributed by atoms with Gasteiger partial charge in [-0.2, -0.15) is 5.10 Å². The summed E-state index contributed by atoms with van der Waals surface area (Å²) in [6.07, 6.45) is 7.86. The van der Waals surface area contributed by atoms with Crippen LogP contribution in [0.3, 0.4) is 0 Å². The third-order valence-corrected chi connectivity index (χ3v) is 5.80. The summed E-state index contributed by atoms with van der Waals surface area (Å²) in [5, 5.41) is 25.9. The van der Waals surface area contributed by atoms with Crippen LogP contribution >= 0.6 is 0 Å². The molecule has 28 heavy (non-hydrogen) atoms. The van der Waals surface area contributed by atoms with E-state index in [0.29, 0.717) is 23.2 Å². The first kappa shape index (κ1) is 17.1. The van der Waals surface area contributed by atoms with Gasteiger partial charge >= 0.3 is 0 Å². The number of hydrogen-bond donors (Lipinski definition) is 2. The number of aromatic amines is 1. The Morgan fingerprint density at radius 1 is 1.11 bits per heavy atom. The smallest absolute Gasteiger partial charge is 0.245 e. The second-order valence-electron chi connectivity index (χ2n) is 7.69. The van der Waals surface area contributed by atoms with E-state index in [9.17, 15) is 5.11 Å². The van der Waals surface area contributed by atoms with Crippen LogP contribution < -0.4 is 4.90 Å². The molecular formula is C20H23N7O. The van der Waals surface area contributed by atoms with Gasteiger partial charge in [0.05, 0.1) is 12.4 Å². The zero-order valence-corrected chi connectivity index (χ0v) is 15.8. The van der Waals surface area contributed by atoms with E-state index < -0.39 is 0 Å². The average molecular weight is 377 g/mol. The summed E-state index contributed by atoms with van der Waals surface area (Å²) in [6, 6.07) is 6.05. The van der Waals surface area contributed by atoms with Crippen molar-refractivity contribution >= 4 is 5.95 Å². The van der Waals surface area contributed by atoms with E-state index in [1.54, 1.807) is 24.7 Å². The molecule has 1 saturated heterocycles. The predicted octanol–water partition coefficient (Wildman–Crippen LogP) is 2.16. The molecule has 0 spiro atoms. The molecule has 0 amide bonds. The quantitative estimate of drug-likeness (QED) is 0.719. The van der Waals surface area contributed by atoms with Crippen LogP contribution in [0.15, 0.2) is 36.8 Å². The fourth-order valence-corrected chi connectivity index (χ4v) is 3.95. The molecule has 1 saturated carbocycles. The molecule has 2 fully saturated rings. The molecule has 0 bridgehead atoms. The van der Waals surface area contributed by atoms with Crippen molar-refractivity contribution in [3.8, 4) is 28.1 Å². The lowest BCUT2D eigenvalue weighted by molar-refractivity contribution is 0.196. The second kappa shape index (κ2) is 6.87. The zero-order valence-electron chi connectivity index (χ0n) is 15.8. The van der Waals surface area contributed by atoms with Gasteiger partial charge < -0.3 is 10.0 Å². The van der Waals surface area contributed by atoms with Gasteiger partial charge in [-0.1, -0.05) is 6.07 Å². The van der Waals surface area contributed by atoms with Crippen LogP contribution in [0.2, 0.25) is 0 Å². The van der Waals surface area contributed by atoms with Gasteiger partial charge in [0.25, 0.3) is 0 Å². The topological polar surface area (TPSA) is 94.1 Å². The van der Waals surface area contributed by atoms with Crippen molar-refractivity contribution < 1.29 is 5.11 Å². The number of anilines is 1. The van der Waals surface area contributed by atoms with E-state index in [4.69, 9.17) is 0 Å². The first-order valence-electron chi connectivity index (χ1n) is 9.66. The van der Waals surface area contributed by atoms with E-state index in [1.165, 1.54) is 12.8 Å². The Bertz CT molecular complexity index is 953. The molecule has 144 valence electrons. The SMILES string of the molecule is CN1CCN(c2ncc(-c3ccc(-c4cn[nH]c4)cc3O)nn2)CC1C1CC1. The Kier molecular flexibility index (Phi) is 4.20. The van der Waals surface area contributed by atoms with Crippen LogP contribution in [0.25, 0.3) is 22.4 Å². The zero-order chi connectivity index (χ0) is 19.1. The van der Waals surface area contributed by atoms with Crippen molar-refractivity contribution in [3.05, 3.63) is 36.8 Å². The molecule has 1 aliphatic carbocycles. The number of rotatable bonds is 4. The normalized spacial score (nSPS) is 20.5. The van der Waals surface area contributed by atoms with Crippen molar-refractivity contribution in [3.63, 3.8) is 0 Å². The Labute approximate surface area is 163 Å². The van der Waals surface area contributed by atoms with Crippen LogP contribution in [-0.4, -0.2) is 68.1 Å². The summed E-state index contributed by atoms with van der Waals surface area (Å²) in [5.74, 6) is 1.62. The minimum atomic E-state index is 0.149. The molecule has 2 aliphatic rings. The molecule has 0 radical (unpaired) electrons. The standard InChI is InChI=1S/C20H23N7O/c1-26-6-7-27(12-18(26)13-2-3-13)20-21-11-17(24-25-20)16-5-4-14(8-19(16)28)15-9-22-23-10-15/h4-5,8-11,13,18,28H,2-3,6-7,12H2,1H3,(H,22,23). The van der Waals surface area contributed by atoms with Crippen molar-refractivity contribution in [1.82, 2.24) is 30.3 Å². The molecule has 1 aliphatic heterocycles. The van der Waals surface area contributed by atoms with Gasteiger partial charge in [-0.3, -0.25) is 10.00 Å². The fraction of sp³-hybridized carbons (Fsp3) is 0.400. The summed E-state index contributed by atoms with van der Waals surface area (Å²) in [6.45, 7) is 2.88. The minimum Gasteiger partial charge on any atom is -0.507 e. The molecule has 3 heterocycles. The summed E-state index contributed by atoms with van der Waals surface area (Å²) >= 11 is 0. The molecule has 2 aromatic heterocycles. The molecule has 8 nitrogen and oxygen atoms in total. The highest BCUT2D eigenvalue weighted by Gasteiger charge is 2.37. The number of phenolic OH excluding ortho intramolecular Hbond substituents is 1. The lowest BCUT2D eigenvalue weighted by atomic mass is 10.0. The van der Waals surface area contributed by atoms with E-state index in [2.05, 4.69) is 42.2 Å². The summed E-state index contributed by atoms with van der Waals surface area (Å²) in [5.41, 5.74) is 2.98. The molecule has 2 N–H and O–H groups in total. The number of nitrogens with one attached hydrogen (secondary N) is 1. The van der Waals surface area contributed by atoms with Crippen molar-refractivity contribution in [2.24, 2.45) is 5.92 Å². The maximum atomic E-state index is 10.5. The number of phenols is 1. The maximum Gasteiger partial charge on any atom is 0.245 e. The molecule has 1 aromatic carbocycles. The number of benzene rings is 1. The van der Waals surface area contributed by atoms with E-state index >= 15 is 0 Å². The monoisotopic (exact) mass is 377 g/mol. The number of aromatic nitrogens is 5. The van der Waals surface area contributed by atoms with Crippen LogP contribution in [0, 0.1) is 5.92 Å². The first-order chi connectivity index (χ1) is 13.7. The lowest BCUT2D eigenvalue weighted by Gasteiger charge is -2.39. The van der Waals surface area contributed by atoms with Gasteiger partial charge in [0.15, 0.2) is 0 Å². The molecule has 3 aromatic rings. The van der Waals surface area contributed by atoms with Crippen LogP contribution in [0.1, 0.15) is 12.8 Å². The van der Waals surface area contributed by atoms with Crippen molar-refractivity contribution in [2.75, 3.05) is 31.6 Å². The third-order valence-electron chi connectivity index (χ3n) is 5.80. The van der Waals surface area contributed by atoms with E-state index in [1.807, 2.05) is 12.1 Å². The largest absolute Gasteiger partial charge is 0.507 e. The van der Waals surface area contributed by atoms with Crippen LogP contribution in [0.5, 0.6) is 5.75 Å². The summed E-state index contributed by atoms with van der Waals surface area (Å²) in [7, 11) is 2.21. The van der Waals surface area contributed by atoms with Gasteiger partial charge in [0.1, 0.15) is 11.4 Å². The lowest BCUT2D eigenvalue weighted by Crippen LogP contribution is -2.53. The van der Waals surface area contributed by atoms with Gasteiger partial charge in [-0.25, -0.2) is 4.98 Å². The Hall–Kier alpha value is -3.00. The molecule has 5 rings (SSSR count). The van der Waals surface area contributed by atoms with Crippen LogP contribution in [-0.2, 0) is 0 Å². The fourth-order valence-electron chi connectivity index (χ4n) is 3.95. The Morgan fingerprint density at radius 2 is 2.00 bits per heavy atom. The summed E-state index contributed by atoms with van der Waals surface area (Å²) < 4.78 is 0. The van der Waals surface area contributed by atoms with Crippen LogP contribution in [0.4, 0.5) is 5.95 Å². The van der Waals surface area contributed by atoms with Gasteiger partial charge in [-0.15, -0.1) is 10.2 Å². The Balaban J connectivity index is 1.35. The summed E-state index contributed by atoms with van der Waals surface area (Å²) in [4.78, 5) is 9.22. The number of likely N-dealkylation sites (N-methyl/N-ethyl adjacent to an activating group) is 1. The number of nitrogens with zero attached hydrogens (tertiary/aromatic N) is 6. The van der Waals surface area contributed by atoms with Gasteiger partial charge in [-0.05, 0) is 43.5 Å². The number of H-pyrrole nitrogens is 1. The molecular weight excluding hydrogens is 354 g/mol. The first-order valence-corrected chi connectivity index (χ1v) is 9.66. The minimum absolute atomic E-state index is 0.149. The maximum absolute atomic E-state index is 10.5. The van der Waals surface area contributed by atoms with Crippen molar-refractivity contribution in [2.45, 2.75) is 18.9 Å². The van der Waals surface area contributed by atoms with E-state index in [0.717, 1.165) is 36.7 Å².